The Morgan fingerprint density at radius 3 is 2.76 bits per heavy atom. The zero-order valence-corrected chi connectivity index (χ0v) is 12.9. The van der Waals surface area contributed by atoms with Gasteiger partial charge in [0.05, 0.1) is 18.7 Å². The Morgan fingerprint density at radius 1 is 1.33 bits per heavy atom. The van der Waals surface area contributed by atoms with Crippen molar-refractivity contribution in [3.63, 3.8) is 0 Å². The van der Waals surface area contributed by atoms with Crippen molar-refractivity contribution in [1.82, 2.24) is 4.90 Å². The van der Waals surface area contributed by atoms with Crippen LogP contribution in [0.1, 0.15) is 33.1 Å². The molecule has 2 amide bonds. The van der Waals surface area contributed by atoms with Crippen molar-refractivity contribution in [2.24, 2.45) is 5.73 Å². The molecule has 1 aliphatic heterocycles. The van der Waals surface area contributed by atoms with E-state index in [1.165, 1.54) is 7.05 Å². The molecule has 3 rings (SSSR count). The summed E-state index contributed by atoms with van der Waals surface area (Å²) in [6, 6.07) is 6.77. The first-order valence-electron chi connectivity index (χ1n) is 6.41. The van der Waals surface area contributed by atoms with Crippen molar-refractivity contribution in [3.05, 3.63) is 57.5 Å². The van der Waals surface area contributed by atoms with Gasteiger partial charge in [-0.25, -0.2) is 0 Å². The number of nitrogens with zero attached hydrogens (tertiary/aromatic N) is 1. The third kappa shape index (κ3) is 2.30. The standard InChI is InChI=1S/C15H13BrN2O3/c1-18-12(19)7-8-2-3-9(6-11(8)15(18)20)13(17)10-4-5-21-14(10)16/h2-6,13H,7,17H2,1H3. The highest BCUT2D eigenvalue weighted by Crippen LogP contribution is 2.30. The minimum Gasteiger partial charge on any atom is -0.457 e. The van der Waals surface area contributed by atoms with Crippen LogP contribution < -0.4 is 5.73 Å². The molecule has 1 aromatic heterocycles. The van der Waals surface area contributed by atoms with Gasteiger partial charge in [-0.2, -0.15) is 0 Å². The van der Waals surface area contributed by atoms with E-state index in [1.807, 2.05) is 6.07 Å². The van der Waals surface area contributed by atoms with Crippen LogP contribution in [-0.4, -0.2) is 23.8 Å². The summed E-state index contributed by atoms with van der Waals surface area (Å²) in [6.07, 6.45) is 1.79. The Bertz CT molecular complexity index is 738. The van der Waals surface area contributed by atoms with Crippen LogP contribution in [0.2, 0.25) is 0 Å². The Kier molecular flexibility index (Phi) is 3.43. The van der Waals surface area contributed by atoms with Gasteiger partial charge in [0.2, 0.25) is 5.91 Å². The number of nitrogens with two attached hydrogens (primary N) is 1. The number of rotatable bonds is 2. The van der Waals surface area contributed by atoms with E-state index in [9.17, 15) is 9.59 Å². The van der Waals surface area contributed by atoms with Crippen molar-refractivity contribution in [1.29, 1.82) is 0 Å². The number of amides is 2. The van der Waals surface area contributed by atoms with E-state index in [2.05, 4.69) is 15.9 Å². The van der Waals surface area contributed by atoms with Gasteiger partial charge in [0.25, 0.3) is 5.91 Å². The lowest BCUT2D eigenvalue weighted by atomic mass is 9.93. The fourth-order valence-corrected chi connectivity index (χ4v) is 2.91. The lowest BCUT2D eigenvalue weighted by Crippen LogP contribution is -2.39. The number of halogens is 1. The maximum atomic E-state index is 12.2. The molecule has 21 heavy (non-hydrogen) atoms. The minimum atomic E-state index is -0.404. The van der Waals surface area contributed by atoms with Gasteiger partial charge < -0.3 is 10.2 Å². The number of hydrogen-bond acceptors (Lipinski definition) is 4. The molecule has 1 unspecified atom stereocenters. The smallest absolute Gasteiger partial charge is 0.260 e. The van der Waals surface area contributed by atoms with E-state index in [0.717, 1.165) is 21.6 Å². The second-order valence-electron chi connectivity index (χ2n) is 4.98. The van der Waals surface area contributed by atoms with Gasteiger partial charge in [-0.3, -0.25) is 14.5 Å². The molecule has 0 bridgehead atoms. The van der Waals surface area contributed by atoms with Crippen LogP contribution in [-0.2, 0) is 11.2 Å². The van der Waals surface area contributed by atoms with E-state index < -0.39 is 6.04 Å². The topological polar surface area (TPSA) is 76.5 Å². The molecule has 0 saturated heterocycles. The Balaban J connectivity index is 2.02. The summed E-state index contributed by atoms with van der Waals surface area (Å²) >= 11 is 3.30. The highest BCUT2D eigenvalue weighted by atomic mass is 79.9. The van der Waals surface area contributed by atoms with Crippen molar-refractivity contribution in [2.45, 2.75) is 12.5 Å². The lowest BCUT2D eigenvalue weighted by molar-refractivity contribution is -0.127. The number of furan rings is 1. The molecular formula is C15H13BrN2O3. The number of imide groups is 1. The predicted octanol–water partition coefficient (Wildman–Crippen LogP) is 2.24. The largest absolute Gasteiger partial charge is 0.457 e. The van der Waals surface area contributed by atoms with Crippen molar-refractivity contribution in [2.75, 3.05) is 7.05 Å². The number of carbonyl (C=O) groups excluding carboxylic acids is 2. The molecule has 2 N–H and O–H groups in total. The van der Waals surface area contributed by atoms with Gasteiger partial charge in [-0.1, -0.05) is 12.1 Å². The monoisotopic (exact) mass is 348 g/mol. The highest BCUT2D eigenvalue weighted by Gasteiger charge is 2.28. The highest BCUT2D eigenvalue weighted by molar-refractivity contribution is 9.10. The van der Waals surface area contributed by atoms with Crippen LogP contribution in [0.15, 0.2) is 39.6 Å². The molecule has 0 spiro atoms. The molecule has 2 aromatic rings. The molecule has 6 heteroatoms. The van der Waals surface area contributed by atoms with Crippen LogP contribution in [0, 0.1) is 0 Å². The van der Waals surface area contributed by atoms with Crippen molar-refractivity contribution in [3.8, 4) is 0 Å². The zero-order valence-electron chi connectivity index (χ0n) is 11.3. The summed E-state index contributed by atoms with van der Waals surface area (Å²) in [5, 5.41) is 0. The predicted molar refractivity (Wildman–Crippen MR) is 79.7 cm³/mol. The molecule has 1 aliphatic rings. The Hall–Kier alpha value is -1.92. The van der Waals surface area contributed by atoms with Gasteiger partial charge in [-0.15, -0.1) is 0 Å². The molecule has 2 heterocycles. The van der Waals surface area contributed by atoms with Crippen LogP contribution in [0.3, 0.4) is 0 Å². The van der Waals surface area contributed by atoms with Gasteiger partial charge in [0, 0.05) is 18.2 Å². The summed E-state index contributed by atoms with van der Waals surface area (Å²) < 4.78 is 5.76. The SMILES string of the molecule is CN1C(=O)Cc2ccc(C(N)c3ccoc3Br)cc2C1=O. The lowest BCUT2D eigenvalue weighted by Gasteiger charge is -2.24. The molecule has 5 nitrogen and oxygen atoms in total. The van der Waals surface area contributed by atoms with Gasteiger partial charge in [-0.05, 0) is 39.2 Å². The maximum absolute atomic E-state index is 12.2. The zero-order chi connectivity index (χ0) is 15.1. The molecule has 108 valence electrons. The molecule has 0 radical (unpaired) electrons. The number of hydrogen-bond donors (Lipinski definition) is 1. The van der Waals surface area contributed by atoms with Crippen LogP contribution in [0.4, 0.5) is 0 Å². The molecule has 0 aliphatic carbocycles. The van der Waals surface area contributed by atoms with Gasteiger partial charge >= 0.3 is 0 Å². The van der Waals surface area contributed by atoms with E-state index in [0.29, 0.717) is 10.2 Å². The van der Waals surface area contributed by atoms with E-state index in [4.69, 9.17) is 10.2 Å². The number of carbonyl (C=O) groups is 2. The maximum Gasteiger partial charge on any atom is 0.260 e. The summed E-state index contributed by atoms with van der Waals surface area (Å²) in [6.45, 7) is 0. The second kappa shape index (κ2) is 5.13. The number of benzene rings is 1. The summed E-state index contributed by atoms with van der Waals surface area (Å²) in [5.41, 5.74) is 9.10. The quantitative estimate of drug-likeness (QED) is 0.844. The van der Waals surface area contributed by atoms with Crippen molar-refractivity contribution >= 4 is 27.7 Å². The molecular weight excluding hydrogens is 336 g/mol. The van der Waals surface area contributed by atoms with Gasteiger partial charge in [0.15, 0.2) is 4.67 Å². The summed E-state index contributed by atoms with van der Waals surface area (Å²) in [4.78, 5) is 25.0. The van der Waals surface area contributed by atoms with E-state index >= 15 is 0 Å². The normalized spacial score (nSPS) is 16.0. The summed E-state index contributed by atoms with van der Waals surface area (Å²) in [5.74, 6) is -0.483. The van der Waals surface area contributed by atoms with Crippen LogP contribution >= 0.6 is 15.9 Å². The first-order chi connectivity index (χ1) is 9.99. The number of likely N-dealkylation sites (N-methyl/N-ethyl adjacent to an activating group) is 1. The van der Waals surface area contributed by atoms with E-state index in [1.54, 1.807) is 24.5 Å². The molecule has 0 fully saturated rings. The second-order valence-corrected chi connectivity index (χ2v) is 5.70. The van der Waals surface area contributed by atoms with Gasteiger partial charge in [0.1, 0.15) is 0 Å². The summed E-state index contributed by atoms with van der Waals surface area (Å²) in [7, 11) is 1.49. The van der Waals surface area contributed by atoms with Crippen LogP contribution in [0.5, 0.6) is 0 Å². The Morgan fingerprint density at radius 2 is 2.10 bits per heavy atom. The fraction of sp³-hybridized carbons (Fsp3) is 0.200. The average Bonchev–Trinajstić information content (AvgIpc) is 2.90. The first kappa shape index (κ1) is 14.0. The minimum absolute atomic E-state index is 0.192. The Labute approximate surface area is 129 Å². The average molecular weight is 349 g/mol. The van der Waals surface area contributed by atoms with Crippen molar-refractivity contribution < 1.29 is 14.0 Å². The fourth-order valence-electron chi connectivity index (χ4n) is 2.42. The number of fused-ring (bicyclic) bond motifs is 1. The third-order valence-electron chi connectivity index (χ3n) is 3.72. The molecule has 0 saturated carbocycles. The van der Waals surface area contributed by atoms with Crippen LogP contribution in [0.25, 0.3) is 0 Å². The molecule has 1 atom stereocenters. The molecule has 1 aromatic carbocycles. The third-order valence-corrected chi connectivity index (χ3v) is 4.37. The first-order valence-corrected chi connectivity index (χ1v) is 7.20. The van der Waals surface area contributed by atoms with E-state index in [-0.39, 0.29) is 18.2 Å².